The molecule has 2 amide bonds. The lowest BCUT2D eigenvalue weighted by molar-refractivity contribution is -0.116. The zero-order chi connectivity index (χ0) is 20.7. The van der Waals surface area contributed by atoms with Crippen molar-refractivity contribution in [3.8, 4) is 5.75 Å². The van der Waals surface area contributed by atoms with E-state index in [0.29, 0.717) is 22.1 Å². The van der Waals surface area contributed by atoms with Crippen molar-refractivity contribution in [2.45, 2.75) is 18.2 Å². The highest BCUT2D eigenvalue weighted by Crippen LogP contribution is 2.27. The summed E-state index contributed by atoms with van der Waals surface area (Å²) < 4.78 is 32.1. The Morgan fingerprint density at radius 1 is 1.07 bits per heavy atom. The number of rotatable bonds is 8. The van der Waals surface area contributed by atoms with E-state index in [1.54, 1.807) is 18.2 Å². The Labute approximate surface area is 168 Å². The molecule has 0 saturated heterocycles. The lowest BCUT2D eigenvalue weighted by atomic mass is 10.2. The van der Waals surface area contributed by atoms with E-state index < -0.39 is 15.9 Å². The molecule has 0 aromatic heterocycles. The van der Waals surface area contributed by atoms with Gasteiger partial charge in [0.05, 0.1) is 17.7 Å². The van der Waals surface area contributed by atoms with Gasteiger partial charge < -0.3 is 15.4 Å². The van der Waals surface area contributed by atoms with E-state index in [0.717, 1.165) is 0 Å². The molecule has 2 aromatic carbocycles. The zero-order valence-electron chi connectivity index (χ0n) is 15.3. The molecule has 0 fully saturated rings. The number of amides is 2. The highest BCUT2D eigenvalue weighted by atomic mass is 35.5. The molecule has 0 aliphatic carbocycles. The highest BCUT2D eigenvalue weighted by molar-refractivity contribution is 7.89. The van der Waals surface area contributed by atoms with Gasteiger partial charge in [0.15, 0.2) is 0 Å². The van der Waals surface area contributed by atoms with Gasteiger partial charge in [0, 0.05) is 30.6 Å². The molecule has 10 heteroatoms. The third-order valence-electron chi connectivity index (χ3n) is 3.56. The Morgan fingerprint density at radius 3 is 2.36 bits per heavy atom. The Bertz CT molecular complexity index is 962. The molecule has 0 unspecified atom stereocenters. The van der Waals surface area contributed by atoms with Crippen molar-refractivity contribution in [3.05, 3.63) is 47.5 Å². The number of methoxy groups -OCH3 is 1. The number of sulfonamides is 1. The standard InChI is InChI=1S/C18H20ClN3O5S/c1-12(23)21-14-4-6-15(7-5-14)28(25,26)20-10-9-18(24)22-16-11-13(19)3-8-17(16)27-2/h3-8,11,20H,9-10H2,1-2H3,(H,21,23)(H,22,24). The second kappa shape index (κ2) is 9.54. The first-order valence-electron chi connectivity index (χ1n) is 8.22. The van der Waals surface area contributed by atoms with E-state index >= 15 is 0 Å². The first-order valence-corrected chi connectivity index (χ1v) is 10.1. The molecule has 0 spiro atoms. The zero-order valence-corrected chi connectivity index (χ0v) is 16.9. The lowest BCUT2D eigenvalue weighted by Crippen LogP contribution is -2.28. The quantitative estimate of drug-likeness (QED) is 0.601. The van der Waals surface area contributed by atoms with Crippen LogP contribution in [-0.4, -0.2) is 33.9 Å². The van der Waals surface area contributed by atoms with Crippen LogP contribution in [0.5, 0.6) is 5.75 Å². The number of benzene rings is 2. The predicted molar refractivity (Wildman–Crippen MR) is 107 cm³/mol. The number of halogens is 1. The third-order valence-corrected chi connectivity index (χ3v) is 5.28. The monoisotopic (exact) mass is 425 g/mol. The normalized spacial score (nSPS) is 11.0. The van der Waals surface area contributed by atoms with Crippen molar-refractivity contribution >= 4 is 44.8 Å². The molecule has 150 valence electrons. The second-order valence-electron chi connectivity index (χ2n) is 5.75. The molecule has 8 nitrogen and oxygen atoms in total. The van der Waals surface area contributed by atoms with Crippen LogP contribution in [0.2, 0.25) is 5.02 Å². The molecule has 0 saturated carbocycles. The van der Waals surface area contributed by atoms with Crippen LogP contribution < -0.4 is 20.1 Å². The summed E-state index contributed by atoms with van der Waals surface area (Å²) in [6.07, 6.45) is -0.0845. The SMILES string of the molecule is COc1ccc(Cl)cc1NC(=O)CCNS(=O)(=O)c1ccc(NC(C)=O)cc1. The van der Waals surface area contributed by atoms with Crippen LogP contribution in [0.4, 0.5) is 11.4 Å². The van der Waals surface area contributed by atoms with Crippen LogP contribution in [0.15, 0.2) is 47.4 Å². The predicted octanol–water partition coefficient (Wildman–Crippen LogP) is 2.61. The van der Waals surface area contributed by atoms with Crippen LogP contribution in [0.1, 0.15) is 13.3 Å². The van der Waals surface area contributed by atoms with Crippen molar-refractivity contribution in [2.75, 3.05) is 24.3 Å². The minimum Gasteiger partial charge on any atom is -0.495 e. The van der Waals surface area contributed by atoms with Gasteiger partial charge in [-0.3, -0.25) is 9.59 Å². The van der Waals surface area contributed by atoms with E-state index in [2.05, 4.69) is 15.4 Å². The summed E-state index contributed by atoms with van der Waals surface area (Å²) in [5.74, 6) is -0.210. The maximum atomic E-state index is 12.3. The topological polar surface area (TPSA) is 114 Å². The smallest absolute Gasteiger partial charge is 0.240 e. The van der Waals surface area contributed by atoms with Crippen LogP contribution in [-0.2, 0) is 19.6 Å². The molecular weight excluding hydrogens is 406 g/mol. The summed E-state index contributed by atoms with van der Waals surface area (Å²) in [7, 11) is -2.32. The van der Waals surface area contributed by atoms with Crippen molar-refractivity contribution < 1.29 is 22.7 Å². The second-order valence-corrected chi connectivity index (χ2v) is 7.95. The maximum Gasteiger partial charge on any atom is 0.240 e. The van der Waals surface area contributed by atoms with E-state index in [-0.39, 0.29) is 23.8 Å². The van der Waals surface area contributed by atoms with Gasteiger partial charge in [-0.25, -0.2) is 13.1 Å². The average Bonchev–Trinajstić information content (AvgIpc) is 2.61. The van der Waals surface area contributed by atoms with Crippen molar-refractivity contribution in [2.24, 2.45) is 0 Å². The van der Waals surface area contributed by atoms with Crippen molar-refractivity contribution in [1.82, 2.24) is 4.72 Å². The van der Waals surface area contributed by atoms with Crippen molar-refractivity contribution in [3.63, 3.8) is 0 Å². The molecule has 0 bridgehead atoms. The number of carbonyl (C=O) groups is 2. The largest absolute Gasteiger partial charge is 0.495 e. The first-order chi connectivity index (χ1) is 13.2. The number of hydrogen-bond acceptors (Lipinski definition) is 5. The summed E-state index contributed by atoms with van der Waals surface area (Å²) in [6.45, 7) is 1.26. The van der Waals surface area contributed by atoms with Crippen LogP contribution in [0.25, 0.3) is 0 Å². The summed E-state index contributed by atoms with van der Waals surface area (Å²) >= 11 is 5.91. The van der Waals surface area contributed by atoms with Crippen LogP contribution >= 0.6 is 11.6 Å². The van der Waals surface area contributed by atoms with Crippen LogP contribution in [0.3, 0.4) is 0 Å². The average molecular weight is 426 g/mol. The van der Waals surface area contributed by atoms with Crippen molar-refractivity contribution in [1.29, 1.82) is 0 Å². The fraction of sp³-hybridized carbons (Fsp3) is 0.222. The summed E-state index contributed by atoms with van der Waals surface area (Å²) in [5, 5.41) is 5.61. The van der Waals surface area contributed by atoms with Gasteiger partial charge in [-0.2, -0.15) is 0 Å². The summed E-state index contributed by atoms with van der Waals surface area (Å²) in [4.78, 5) is 23.1. The van der Waals surface area contributed by atoms with Gasteiger partial charge in [0.25, 0.3) is 0 Å². The Kier molecular flexibility index (Phi) is 7.38. The maximum absolute atomic E-state index is 12.3. The molecule has 28 heavy (non-hydrogen) atoms. The number of nitrogens with one attached hydrogen (secondary N) is 3. The van der Waals surface area contributed by atoms with Gasteiger partial charge >= 0.3 is 0 Å². The molecule has 3 N–H and O–H groups in total. The molecule has 0 atom stereocenters. The number of ether oxygens (including phenoxy) is 1. The van der Waals surface area contributed by atoms with E-state index in [9.17, 15) is 18.0 Å². The lowest BCUT2D eigenvalue weighted by Gasteiger charge is -2.11. The first kappa shape index (κ1) is 21.7. The van der Waals surface area contributed by atoms with E-state index in [4.69, 9.17) is 16.3 Å². The Balaban J connectivity index is 1.92. The van der Waals surface area contributed by atoms with Gasteiger partial charge in [-0.1, -0.05) is 11.6 Å². The fourth-order valence-electron chi connectivity index (χ4n) is 2.29. The third kappa shape index (κ3) is 6.22. The molecular formula is C18H20ClN3O5S. The molecule has 0 radical (unpaired) electrons. The molecule has 2 aromatic rings. The minimum atomic E-state index is -3.78. The van der Waals surface area contributed by atoms with E-state index in [1.807, 2.05) is 0 Å². The minimum absolute atomic E-state index is 0.0264. The number of anilines is 2. The number of hydrogen-bond donors (Lipinski definition) is 3. The molecule has 0 heterocycles. The summed E-state index contributed by atoms with van der Waals surface area (Å²) in [5.41, 5.74) is 0.887. The van der Waals surface area contributed by atoms with E-state index in [1.165, 1.54) is 38.3 Å². The Morgan fingerprint density at radius 2 is 1.75 bits per heavy atom. The highest BCUT2D eigenvalue weighted by Gasteiger charge is 2.15. The van der Waals surface area contributed by atoms with Gasteiger partial charge in [-0.15, -0.1) is 0 Å². The van der Waals surface area contributed by atoms with Gasteiger partial charge in [-0.05, 0) is 42.5 Å². The fourth-order valence-corrected chi connectivity index (χ4v) is 3.50. The Hall–Kier alpha value is -2.62. The van der Waals surface area contributed by atoms with Gasteiger partial charge in [0.1, 0.15) is 5.75 Å². The number of carbonyl (C=O) groups excluding carboxylic acids is 2. The molecule has 0 aliphatic rings. The summed E-state index contributed by atoms with van der Waals surface area (Å²) in [6, 6.07) is 10.5. The van der Waals surface area contributed by atoms with Crippen LogP contribution in [0, 0.1) is 0 Å². The molecule has 0 aliphatic heterocycles. The van der Waals surface area contributed by atoms with Gasteiger partial charge in [0.2, 0.25) is 21.8 Å². The molecule has 2 rings (SSSR count).